The van der Waals surface area contributed by atoms with Crippen molar-refractivity contribution < 1.29 is 4.79 Å². The molecule has 0 aliphatic heterocycles. The highest BCUT2D eigenvalue weighted by Gasteiger charge is 2.20. The van der Waals surface area contributed by atoms with Crippen molar-refractivity contribution in [3.05, 3.63) is 46.4 Å². The van der Waals surface area contributed by atoms with Gasteiger partial charge in [0.2, 0.25) is 5.91 Å². The number of rotatable bonds is 6. The highest BCUT2D eigenvalue weighted by atomic mass is 32.2. The predicted octanol–water partition coefficient (Wildman–Crippen LogP) is 4.38. The molecule has 0 bridgehead atoms. The van der Waals surface area contributed by atoms with Crippen LogP contribution < -0.4 is 5.56 Å². The minimum atomic E-state index is -0.0483. The van der Waals surface area contributed by atoms with Gasteiger partial charge in [-0.05, 0) is 58.6 Å². The SMILES string of the molecule is CCN(C(=O)CSc1nc2ccccc2c(=O)n1C(C)C)C1=CCCCC1. The molecule has 1 aliphatic carbocycles. The summed E-state index contributed by atoms with van der Waals surface area (Å²) in [5, 5.41) is 1.22. The molecule has 1 heterocycles. The molecule has 1 aromatic carbocycles. The predicted molar refractivity (Wildman–Crippen MR) is 111 cm³/mol. The van der Waals surface area contributed by atoms with Gasteiger partial charge in [-0.3, -0.25) is 14.2 Å². The lowest BCUT2D eigenvalue weighted by Crippen LogP contribution is -2.32. The number of para-hydroxylation sites is 1. The molecule has 0 saturated carbocycles. The second kappa shape index (κ2) is 8.74. The zero-order valence-corrected chi connectivity index (χ0v) is 17.1. The van der Waals surface area contributed by atoms with Gasteiger partial charge in [0, 0.05) is 18.3 Å². The highest BCUT2D eigenvalue weighted by molar-refractivity contribution is 7.99. The van der Waals surface area contributed by atoms with E-state index in [2.05, 4.69) is 11.1 Å². The van der Waals surface area contributed by atoms with E-state index in [9.17, 15) is 9.59 Å². The largest absolute Gasteiger partial charge is 0.316 e. The Bertz CT molecular complexity index is 917. The van der Waals surface area contributed by atoms with Crippen molar-refractivity contribution in [2.45, 2.75) is 57.7 Å². The number of nitrogens with zero attached hydrogens (tertiary/aromatic N) is 3. The summed E-state index contributed by atoms with van der Waals surface area (Å²) in [5.41, 5.74) is 1.77. The number of carbonyl (C=O) groups is 1. The quantitative estimate of drug-likeness (QED) is 0.547. The fraction of sp³-hybridized carbons (Fsp3) is 0.476. The van der Waals surface area contributed by atoms with E-state index in [0.29, 0.717) is 22.6 Å². The van der Waals surface area contributed by atoms with Crippen molar-refractivity contribution in [2.75, 3.05) is 12.3 Å². The van der Waals surface area contributed by atoms with Crippen molar-refractivity contribution in [3.8, 4) is 0 Å². The third-order valence-corrected chi connectivity index (χ3v) is 5.79. The van der Waals surface area contributed by atoms with E-state index in [0.717, 1.165) is 25.0 Å². The molecule has 1 amide bonds. The maximum atomic E-state index is 12.9. The van der Waals surface area contributed by atoms with Crippen LogP contribution >= 0.6 is 11.8 Å². The van der Waals surface area contributed by atoms with Gasteiger partial charge in [-0.2, -0.15) is 0 Å². The molecular weight excluding hydrogens is 358 g/mol. The summed E-state index contributed by atoms with van der Waals surface area (Å²) >= 11 is 1.35. The van der Waals surface area contributed by atoms with Crippen LogP contribution in [0.4, 0.5) is 0 Å². The smallest absolute Gasteiger partial charge is 0.262 e. The first kappa shape index (κ1) is 19.7. The summed E-state index contributed by atoms with van der Waals surface area (Å²) < 4.78 is 1.69. The highest BCUT2D eigenvalue weighted by Crippen LogP contribution is 2.24. The first-order valence-electron chi connectivity index (χ1n) is 9.66. The number of fused-ring (bicyclic) bond motifs is 1. The molecule has 27 heavy (non-hydrogen) atoms. The number of amides is 1. The topological polar surface area (TPSA) is 55.2 Å². The zero-order chi connectivity index (χ0) is 19.4. The lowest BCUT2D eigenvalue weighted by molar-refractivity contribution is -0.126. The average molecular weight is 386 g/mol. The van der Waals surface area contributed by atoms with E-state index in [-0.39, 0.29) is 23.3 Å². The third kappa shape index (κ3) is 4.26. The maximum Gasteiger partial charge on any atom is 0.262 e. The second-order valence-electron chi connectivity index (χ2n) is 7.05. The number of carbonyl (C=O) groups excluding carboxylic acids is 1. The minimum Gasteiger partial charge on any atom is -0.316 e. The van der Waals surface area contributed by atoms with Crippen molar-refractivity contribution >= 4 is 28.6 Å². The molecule has 1 aliphatic rings. The van der Waals surface area contributed by atoms with E-state index in [1.54, 1.807) is 10.6 Å². The molecule has 0 atom stereocenters. The fourth-order valence-electron chi connectivity index (χ4n) is 3.49. The summed E-state index contributed by atoms with van der Waals surface area (Å²) in [6.45, 7) is 6.62. The number of benzene rings is 1. The van der Waals surface area contributed by atoms with Crippen LogP contribution in [0.2, 0.25) is 0 Å². The van der Waals surface area contributed by atoms with Gasteiger partial charge >= 0.3 is 0 Å². The van der Waals surface area contributed by atoms with Crippen LogP contribution in [-0.4, -0.2) is 32.7 Å². The van der Waals surface area contributed by atoms with Crippen LogP contribution in [0.1, 0.15) is 52.5 Å². The lowest BCUT2D eigenvalue weighted by Gasteiger charge is -2.26. The number of aromatic nitrogens is 2. The van der Waals surface area contributed by atoms with Crippen LogP contribution in [0.15, 0.2) is 46.0 Å². The molecule has 0 fully saturated rings. The monoisotopic (exact) mass is 385 g/mol. The zero-order valence-electron chi connectivity index (χ0n) is 16.3. The lowest BCUT2D eigenvalue weighted by atomic mass is 10.0. The first-order valence-corrected chi connectivity index (χ1v) is 10.6. The average Bonchev–Trinajstić information content (AvgIpc) is 2.67. The van der Waals surface area contributed by atoms with Gasteiger partial charge in [0.1, 0.15) is 0 Å². The number of thioether (sulfide) groups is 1. The minimum absolute atomic E-state index is 0.0180. The summed E-state index contributed by atoms with van der Waals surface area (Å²) in [6, 6.07) is 7.36. The van der Waals surface area contributed by atoms with Crippen molar-refractivity contribution in [1.82, 2.24) is 14.5 Å². The Balaban J connectivity index is 1.85. The summed E-state index contributed by atoms with van der Waals surface area (Å²) in [7, 11) is 0. The Morgan fingerprint density at radius 2 is 2.07 bits per heavy atom. The Labute approximate surface area is 164 Å². The van der Waals surface area contributed by atoms with Crippen LogP contribution in [0.3, 0.4) is 0 Å². The fourth-order valence-corrected chi connectivity index (χ4v) is 4.50. The molecule has 5 nitrogen and oxygen atoms in total. The van der Waals surface area contributed by atoms with Gasteiger partial charge in [0.05, 0.1) is 16.7 Å². The molecule has 0 N–H and O–H groups in total. The Kier molecular flexibility index (Phi) is 6.37. The Morgan fingerprint density at radius 1 is 1.30 bits per heavy atom. The standard InChI is InChI=1S/C21H27N3O2S/c1-4-23(16-10-6-5-7-11-16)19(25)14-27-21-22-18-13-9-8-12-17(18)20(26)24(21)15(2)3/h8-10,12-13,15H,4-7,11,14H2,1-3H3. The van der Waals surface area contributed by atoms with Crippen molar-refractivity contribution in [1.29, 1.82) is 0 Å². The van der Waals surface area contributed by atoms with Crippen LogP contribution in [0, 0.1) is 0 Å². The van der Waals surface area contributed by atoms with Gasteiger partial charge in [0.15, 0.2) is 5.16 Å². The number of hydrogen-bond donors (Lipinski definition) is 0. The van der Waals surface area contributed by atoms with Gasteiger partial charge in [0.25, 0.3) is 5.56 Å². The van der Waals surface area contributed by atoms with Crippen LogP contribution in [0.25, 0.3) is 10.9 Å². The maximum absolute atomic E-state index is 12.9. The molecule has 1 aromatic heterocycles. The molecule has 144 valence electrons. The Hall–Kier alpha value is -2.08. The van der Waals surface area contributed by atoms with Crippen molar-refractivity contribution in [3.63, 3.8) is 0 Å². The van der Waals surface area contributed by atoms with Gasteiger partial charge in [-0.15, -0.1) is 0 Å². The van der Waals surface area contributed by atoms with Gasteiger partial charge in [-0.25, -0.2) is 4.98 Å². The van der Waals surface area contributed by atoms with E-state index in [4.69, 9.17) is 0 Å². The van der Waals surface area contributed by atoms with Crippen LogP contribution in [-0.2, 0) is 4.79 Å². The second-order valence-corrected chi connectivity index (χ2v) is 7.99. The molecule has 2 aromatic rings. The van der Waals surface area contributed by atoms with Crippen molar-refractivity contribution in [2.24, 2.45) is 0 Å². The molecule has 0 spiro atoms. The molecule has 0 radical (unpaired) electrons. The van der Waals surface area contributed by atoms with E-state index in [1.165, 1.54) is 18.2 Å². The normalized spacial score (nSPS) is 14.4. The van der Waals surface area contributed by atoms with E-state index in [1.807, 2.05) is 43.9 Å². The third-order valence-electron chi connectivity index (χ3n) is 4.85. The number of allylic oxidation sites excluding steroid dienone is 2. The molecular formula is C21H27N3O2S. The molecule has 3 rings (SSSR count). The summed E-state index contributed by atoms with van der Waals surface area (Å²) in [6.07, 6.45) is 6.54. The van der Waals surface area contributed by atoms with Gasteiger partial charge in [-0.1, -0.05) is 30.0 Å². The molecule has 0 unspecified atom stereocenters. The summed E-state index contributed by atoms with van der Waals surface area (Å²) in [5.74, 6) is 0.358. The first-order chi connectivity index (χ1) is 13.0. The van der Waals surface area contributed by atoms with Crippen LogP contribution in [0.5, 0.6) is 0 Å². The van der Waals surface area contributed by atoms with Gasteiger partial charge < -0.3 is 4.90 Å². The van der Waals surface area contributed by atoms with E-state index < -0.39 is 0 Å². The van der Waals surface area contributed by atoms with E-state index >= 15 is 0 Å². The number of hydrogen-bond acceptors (Lipinski definition) is 4. The molecule has 0 saturated heterocycles. The summed E-state index contributed by atoms with van der Waals surface area (Å²) in [4.78, 5) is 32.3. The molecule has 6 heteroatoms. The Morgan fingerprint density at radius 3 is 2.74 bits per heavy atom.